The van der Waals surface area contributed by atoms with Crippen molar-refractivity contribution in [3.8, 4) is 0 Å². The Kier molecular flexibility index (Phi) is 2.79. The van der Waals surface area contributed by atoms with Gasteiger partial charge >= 0.3 is 0 Å². The first-order valence-electron chi connectivity index (χ1n) is 4.11. The Morgan fingerprint density at radius 2 is 2.33 bits per heavy atom. The molecule has 0 saturated carbocycles. The molecule has 0 fully saturated rings. The SMILES string of the molecule is C.CN1CCOC2=C1C=CCC2. The monoisotopic (exact) mass is 167 g/mol. The van der Waals surface area contributed by atoms with Gasteiger partial charge in [0.05, 0.1) is 12.2 Å². The number of ether oxygens (including phenoxy) is 1. The molecule has 68 valence electrons. The number of rotatable bonds is 0. The summed E-state index contributed by atoms with van der Waals surface area (Å²) in [7, 11) is 2.12. The highest BCUT2D eigenvalue weighted by Gasteiger charge is 2.17. The first-order chi connectivity index (χ1) is 5.38. The van der Waals surface area contributed by atoms with Gasteiger partial charge in [-0.3, -0.25) is 0 Å². The third kappa shape index (κ3) is 1.47. The van der Waals surface area contributed by atoms with Crippen LogP contribution in [-0.2, 0) is 4.74 Å². The fourth-order valence-corrected chi connectivity index (χ4v) is 1.54. The minimum absolute atomic E-state index is 0. The van der Waals surface area contributed by atoms with E-state index in [1.165, 1.54) is 11.5 Å². The maximum atomic E-state index is 5.54. The summed E-state index contributed by atoms with van der Waals surface area (Å²) in [6.45, 7) is 1.87. The highest BCUT2D eigenvalue weighted by atomic mass is 16.5. The molecule has 1 heterocycles. The molecule has 2 nitrogen and oxygen atoms in total. The Hall–Kier alpha value is -0.920. The molecule has 0 amide bonds. The largest absolute Gasteiger partial charge is 0.494 e. The first kappa shape index (κ1) is 9.17. The lowest BCUT2D eigenvalue weighted by atomic mass is 10.1. The molecule has 0 saturated heterocycles. The fraction of sp³-hybridized carbons (Fsp3) is 0.600. The van der Waals surface area contributed by atoms with E-state index in [4.69, 9.17) is 4.74 Å². The van der Waals surface area contributed by atoms with Crippen LogP contribution in [0.3, 0.4) is 0 Å². The first-order valence-corrected chi connectivity index (χ1v) is 4.11. The second-order valence-corrected chi connectivity index (χ2v) is 3.02. The third-order valence-corrected chi connectivity index (χ3v) is 2.21. The number of nitrogens with zero attached hydrogens (tertiary/aromatic N) is 1. The van der Waals surface area contributed by atoms with E-state index in [0.717, 1.165) is 26.0 Å². The lowest BCUT2D eigenvalue weighted by molar-refractivity contribution is 0.137. The van der Waals surface area contributed by atoms with E-state index in [1.807, 2.05) is 0 Å². The van der Waals surface area contributed by atoms with Crippen molar-refractivity contribution in [3.63, 3.8) is 0 Å². The van der Waals surface area contributed by atoms with Gasteiger partial charge in [-0.1, -0.05) is 13.5 Å². The molecule has 1 aliphatic heterocycles. The Balaban J connectivity index is 0.000000720. The predicted octanol–water partition coefficient (Wildman–Crippen LogP) is 2.15. The van der Waals surface area contributed by atoms with Gasteiger partial charge in [0.1, 0.15) is 12.4 Å². The smallest absolute Gasteiger partial charge is 0.120 e. The van der Waals surface area contributed by atoms with Gasteiger partial charge in [0.15, 0.2) is 0 Å². The van der Waals surface area contributed by atoms with E-state index in [0.29, 0.717) is 0 Å². The van der Waals surface area contributed by atoms with Crippen LogP contribution in [0.2, 0.25) is 0 Å². The number of allylic oxidation sites excluding steroid dienone is 3. The molecular weight excluding hydrogens is 150 g/mol. The zero-order chi connectivity index (χ0) is 7.68. The molecule has 2 heteroatoms. The maximum Gasteiger partial charge on any atom is 0.120 e. The second kappa shape index (κ2) is 3.65. The number of hydrogen-bond donors (Lipinski definition) is 0. The second-order valence-electron chi connectivity index (χ2n) is 3.02. The summed E-state index contributed by atoms with van der Waals surface area (Å²) >= 11 is 0. The van der Waals surface area contributed by atoms with Crippen molar-refractivity contribution < 1.29 is 4.74 Å². The molecule has 0 atom stereocenters. The van der Waals surface area contributed by atoms with Gasteiger partial charge in [-0.15, -0.1) is 0 Å². The van der Waals surface area contributed by atoms with Gasteiger partial charge in [-0.25, -0.2) is 0 Å². The molecule has 2 aliphatic rings. The van der Waals surface area contributed by atoms with Crippen molar-refractivity contribution in [1.29, 1.82) is 0 Å². The van der Waals surface area contributed by atoms with E-state index in [1.54, 1.807) is 0 Å². The van der Waals surface area contributed by atoms with Crippen LogP contribution >= 0.6 is 0 Å². The Morgan fingerprint density at radius 1 is 1.50 bits per heavy atom. The van der Waals surface area contributed by atoms with Gasteiger partial charge in [0.2, 0.25) is 0 Å². The van der Waals surface area contributed by atoms with Crippen molar-refractivity contribution in [1.82, 2.24) is 4.90 Å². The van der Waals surface area contributed by atoms with Crippen molar-refractivity contribution >= 4 is 0 Å². The Bertz CT molecular complexity index is 218. The van der Waals surface area contributed by atoms with E-state index in [-0.39, 0.29) is 7.43 Å². The van der Waals surface area contributed by atoms with Crippen molar-refractivity contribution in [2.45, 2.75) is 20.3 Å². The number of hydrogen-bond acceptors (Lipinski definition) is 2. The van der Waals surface area contributed by atoms with Crippen LogP contribution < -0.4 is 0 Å². The van der Waals surface area contributed by atoms with Crippen molar-refractivity contribution in [3.05, 3.63) is 23.6 Å². The van der Waals surface area contributed by atoms with Crippen LogP contribution in [0.4, 0.5) is 0 Å². The van der Waals surface area contributed by atoms with Crippen LogP contribution in [0.25, 0.3) is 0 Å². The van der Waals surface area contributed by atoms with Gasteiger partial charge in [0, 0.05) is 13.5 Å². The molecule has 12 heavy (non-hydrogen) atoms. The lowest BCUT2D eigenvalue weighted by Gasteiger charge is -2.30. The molecule has 0 aromatic rings. The molecular formula is C10H17NO. The molecule has 2 rings (SSSR count). The van der Waals surface area contributed by atoms with Crippen LogP contribution in [0.1, 0.15) is 20.3 Å². The Labute approximate surface area is 74.5 Å². The summed E-state index contributed by atoms with van der Waals surface area (Å²) in [4.78, 5) is 2.26. The normalized spacial score (nSPS) is 21.2. The van der Waals surface area contributed by atoms with Gasteiger partial charge in [0.25, 0.3) is 0 Å². The minimum atomic E-state index is 0. The highest BCUT2D eigenvalue weighted by Crippen LogP contribution is 2.24. The summed E-state index contributed by atoms with van der Waals surface area (Å²) in [6, 6.07) is 0. The molecule has 0 unspecified atom stereocenters. The summed E-state index contributed by atoms with van der Waals surface area (Å²) in [5.74, 6) is 1.18. The predicted molar refractivity (Wildman–Crippen MR) is 50.7 cm³/mol. The van der Waals surface area contributed by atoms with Crippen LogP contribution in [0.15, 0.2) is 23.6 Å². The molecule has 0 aromatic heterocycles. The van der Waals surface area contributed by atoms with E-state index < -0.39 is 0 Å². The van der Waals surface area contributed by atoms with Gasteiger partial charge in [-0.2, -0.15) is 0 Å². The zero-order valence-corrected chi connectivity index (χ0v) is 6.84. The zero-order valence-electron chi connectivity index (χ0n) is 6.84. The van der Waals surface area contributed by atoms with E-state index in [9.17, 15) is 0 Å². The molecule has 1 aliphatic carbocycles. The fourth-order valence-electron chi connectivity index (χ4n) is 1.54. The van der Waals surface area contributed by atoms with Crippen LogP contribution in [0, 0.1) is 0 Å². The summed E-state index contributed by atoms with van der Waals surface area (Å²) in [5.41, 5.74) is 1.28. The summed E-state index contributed by atoms with van der Waals surface area (Å²) in [6.07, 6.45) is 6.59. The molecule has 0 spiro atoms. The van der Waals surface area contributed by atoms with Crippen LogP contribution in [-0.4, -0.2) is 25.1 Å². The topological polar surface area (TPSA) is 12.5 Å². The quantitative estimate of drug-likeness (QED) is 0.548. The molecule has 0 N–H and O–H groups in total. The minimum Gasteiger partial charge on any atom is -0.494 e. The summed E-state index contributed by atoms with van der Waals surface area (Å²) in [5, 5.41) is 0. The standard InChI is InChI=1S/C9H13NO.CH4/c1-10-6-7-11-9-5-3-2-4-8(9)10;/h2,4H,3,5-7H2,1H3;1H4. The average molecular weight is 167 g/mol. The van der Waals surface area contributed by atoms with Crippen molar-refractivity contribution in [2.75, 3.05) is 20.2 Å². The summed E-state index contributed by atoms with van der Waals surface area (Å²) < 4.78 is 5.54. The lowest BCUT2D eigenvalue weighted by Crippen LogP contribution is -2.29. The Morgan fingerprint density at radius 3 is 3.08 bits per heavy atom. The number of likely N-dealkylation sites (N-methyl/N-ethyl adjacent to an activating group) is 1. The van der Waals surface area contributed by atoms with Gasteiger partial charge < -0.3 is 9.64 Å². The molecule has 0 bridgehead atoms. The van der Waals surface area contributed by atoms with Crippen LogP contribution in [0.5, 0.6) is 0 Å². The molecule has 0 aromatic carbocycles. The average Bonchev–Trinajstić information content (AvgIpc) is 2.06. The maximum absolute atomic E-state index is 5.54. The molecule has 0 radical (unpaired) electrons. The van der Waals surface area contributed by atoms with E-state index >= 15 is 0 Å². The van der Waals surface area contributed by atoms with Gasteiger partial charge in [-0.05, 0) is 12.5 Å². The van der Waals surface area contributed by atoms with Crippen molar-refractivity contribution in [2.24, 2.45) is 0 Å². The highest BCUT2D eigenvalue weighted by molar-refractivity contribution is 5.26. The third-order valence-electron chi connectivity index (χ3n) is 2.21. The van der Waals surface area contributed by atoms with E-state index in [2.05, 4.69) is 24.1 Å².